The molecule has 9 nitrogen and oxygen atoms in total. The molecule has 2 aliphatic rings. The molecule has 0 radical (unpaired) electrons. The van der Waals surface area contributed by atoms with Gasteiger partial charge in [0.05, 0.1) is 28.5 Å². The van der Waals surface area contributed by atoms with Gasteiger partial charge in [-0.15, -0.1) is 0 Å². The van der Waals surface area contributed by atoms with Crippen molar-refractivity contribution >= 4 is 45.8 Å². The third kappa shape index (κ3) is 4.42. The summed E-state index contributed by atoms with van der Waals surface area (Å²) in [5.74, 6) is -0.200. The summed E-state index contributed by atoms with van der Waals surface area (Å²) < 4.78 is 21.9. The Hall–Kier alpha value is -4.18. The maximum absolute atomic E-state index is 14.8. The SMILES string of the molecule is CC(C)(C)OC(=O)n1cc(-c2cnc([C@@H]3CCC4CC(c5c(N)ccc(Cl)c5F)=CC(=O)N43)[nH]2)c2cnccc21. The number of hydrogen-bond acceptors (Lipinski definition) is 6. The van der Waals surface area contributed by atoms with Gasteiger partial charge in [0.25, 0.3) is 0 Å². The van der Waals surface area contributed by atoms with Gasteiger partial charge in [-0.3, -0.25) is 14.3 Å². The maximum Gasteiger partial charge on any atom is 0.419 e. The molecule has 0 spiro atoms. The van der Waals surface area contributed by atoms with E-state index in [2.05, 4.69) is 15.0 Å². The number of anilines is 1. The Morgan fingerprint density at radius 2 is 2.02 bits per heavy atom. The van der Waals surface area contributed by atoms with Crippen molar-refractivity contribution in [2.75, 3.05) is 5.73 Å². The molecular formula is C29H28ClFN6O3. The molecule has 0 aliphatic carbocycles. The Balaban J connectivity index is 1.31. The second-order valence-corrected chi connectivity index (χ2v) is 11.6. The minimum atomic E-state index is -0.652. The van der Waals surface area contributed by atoms with Gasteiger partial charge < -0.3 is 20.4 Å². The van der Waals surface area contributed by atoms with E-state index < -0.39 is 17.5 Å². The molecule has 1 unspecified atom stereocenters. The standard InChI is InChI=1S/C29H28ClFN6O3/c1-29(2,3)40-28(39)36-14-18(17-12-33-9-8-22(17)36)21-13-34-27(35-21)23-7-4-16-10-15(11-24(38)37(16)23)25-20(32)6-5-19(30)26(25)31/h5-6,8-9,11-14,16,23H,4,7,10,32H2,1-3H3,(H,34,35)/t16?,23-/m0/s1. The van der Waals surface area contributed by atoms with Gasteiger partial charge in [-0.25, -0.2) is 14.2 Å². The van der Waals surface area contributed by atoms with Crippen molar-refractivity contribution in [1.82, 2.24) is 24.4 Å². The second kappa shape index (κ2) is 9.48. The van der Waals surface area contributed by atoms with Crippen LogP contribution in [-0.2, 0) is 9.53 Å². The van der Waals surface area contributed by atoms with Gasteiger partial charge in [0.2, 0.25) is 5.91 Å². The number of imidazole rings is 1. The van der Waals surface area contributed by atoms with Crippen LogP contribution in [0.15, 0.2) is 49.1 Å². The van der Waals surface area contributed by atoms with E-state index in [1.807, 2.05) is 20.8 Å². The molecule has 1 amide bonds. The molecule has 2 atom stereocenters. The van der Waals surface area contributed by atoms with E-state index in [0.717, 1.165) is 17.4 Å². The Bertz CT molecular complexity index is 1700. The average Bonchev–Trinajstić information content (AvgIpc) is 3.62. The number of amides is 1. The van der Waals surface area contributed by atoms with E-state index in [1.165, 1.54) is 16.7 Å². The minimum Gasteiger partial charge on any atom is -0.443 e. The van der Waals surface area contributed by atoms with Crippen LogP contribution >= 0.6 is 11.6 Å². The molecule has 11 heteroatoms. The first-order valence-electron chi connectivity index (χ1n) is 13.0. The van der Waals surface area contributed by atoms with Gasteiger partial charge in [0.15, 0.2) is 5.82 Å². The van der Waals surface area contributed by atoms with Crippen molar-refractivity contribution in [3.63, 3.8) is 0 Å². The molecule has 3 N–H and O–H groups in total. The van der Waals surface area contributed by atoms with Crippen molar-refractivity contribution in [2.45, 2.75) is 57.7 Å². The van der Waals surface area contributed by atoms with Crippen molar-refractivity contribution in [2.24, 2.45) is 0 Å². The van der Waals surface area contributed by atoms with Crippen LogP contribution in [0.1, 0.15) is 57.5 Å². The van der Waals surface area contributed by atoms with E-state index in [9.17, 15) is 14.0 Å². The topological polar surface area (TPSA) is 119 Å². The summed E-state index contributed by atoms with van der Waals surface area (Å²) in [6.45, 7) is 5.45. The largest absolute Gasteiger partial charge is 0.443 e. The lowest BCUT2D eigenvalue weighted by Gasteiger charge is -2.33. The number of aromatic amines is 1. The number of aromatic nitrogens is 4. The summed E-state index contributed by atoms with van der Waals surface area (Å²) in [6, 6.07) is 4.32. The molecule has 1 saturated heterocycles. The Labute approximate surface area is 234 Å². The Morgan fingerprint density at radius 1 is 1.23 bits per heavy atom. The number of pyridine rings is 1. The highest BCUT2D eigenvalue weighted by molar-refractivity contribution is 6.31. The molecular weight excluding hydrogens is 535 g/mol. The summed E-state index contributed by atoms with van der Waals surface area (Å²) in [6.07, 6.45) is 9.56. The lowest BCUT2D eigenvalue weighted by molar-refractivity contribution is -0.129. The molecule has 0 saturated carbocycles. The molecule has 2 aliphatic heterocycles. The van der Waals surface area contributed by atoms with Crippen molar-refractivity contribution in [3.8, 4) is 11.3 Å². The molecule has 1 aromatic carbocycles. The first-order valence-corrected chi connectivity index (χ1v) is 13.4. The second-order valence-electron chi connectivity index (χ2n) is 11.2. The number of nitrogen functional groups attached to an aromatic ring is 1. The summed E-state index contributed by atoms with van der Waals surface area (Å²) in [5, 5.41) is 0.728. The van der Waals surface area contributed by atoms with Gasteiger partial charge in [0.1, 0.15) is 11.4 Å². The van der Waals surface area contributed by atoms with Crippen molar-refractivity contribution < 1.29 is 18.7 Å². The average molecular weight is 563 g/mol. The fourth-order valence-corrected chi connectivity index (χ4v) is 5.84. The lowest BCUT2D eigenvalue weighted by atomic mass is 9.92. The highest BCUT2D eigenvalue weighted by Crippen LogP contribution is 2.44. The number of halogens is 2. The van der Waals surface area contributed by atoms with Gasteiger partial charge in [-0.2, -0.15) is 0 Å². The van der Waals surface area contributed by atoms with Crippen LogP contribution in [0.3, 0.4) is 0 Å². The number of H-pyrrole nitrogens is 1. The summed E-state index contributed by atoms with van der Waals surface area (Å²) in [7, 11) is 0. The van der Waals surface area contributed by atoms with E-state index >= 15 is 0 Å². The number of carbonyl (C=O) groups is 2. The monoisotopic (exact) mass is 562 g/mol. The van der Waals surface area contributed by atoms with Gasteiger partial charge in [0, 0.05) is 52.9 Å². The summed E-state index contributed by atoms with van der Waals surface area (Å²) in [4.78, 5) is 40.3. The van der Waals surface area contributed by atoms with E-state index in [1.54, 1.807) is 41.8 Å². The molecule has 0 bridgehead atoms. The Kier molecular flexibility index (Phi) is 6.18. The highest BCUT2D eigenvalue weighted by Gasteiger charge is 2.42. The van der Waals surface area contributed by atoms with Crippen LogP contribution in [0.5, 0.6) is 0 Å². The molecule has 40 heavy (non-hydrogen) atoms. The maximum atomic E-state index is 14.8. The molecule has 3 aromatic heterocycles. The van der Waals surface area contributed by atoms with Crippen LogP contribution in [0.25, 0.3) is 27.7 Å². The fourth-order valence-electron chi connectivity index (χ4n) is 5.68. The molecule has 5 heterocycles. The van der Waals surface area contributed by atoms with Crippen molar-refractivity contribution in [3.05, 3.63) is 71.3 Å². The predicted octanol–water partition coefficient (Wildman–Crippen LogP) is 6.10. The van der Waals surface area contributed by atoms with Gasteiger partial charge in [-0.1, -0.05) is 11.6 Å². The Morgan fingerprint density at radius 3 is 2.80 bits per heavy atom. The lowest BCUT2D eigenvalue weighted by Crippen LogP contribution is -2.39. The van der Waals surface area contributed by atoms with Crippen LogP contribution in [0.2, 0.25) is 5.02 Å². The highest BCUT2D eigenvalue weighted by atomic mass is 35.5. The zero-order chi connectivity index (χ0) is 28.3. The number of benzene rings is 1. The molecule has 206 valence electrons. The van der Waals surface area contributed by atoms with E-state index in [4.69, 9.17) is 22.1 Å². The van der Waals surface area contributed by atoms with Crippen LogP contribution < -0.4 is 5.73 Å². The van der Waals surface area contributed by atoms with Crippen molar-refractivity contribution in [1.29, 1.82) is 0 Å². The number of hydrogen-bond donors (Lipinski definition) is 2. The zero-order valence-corrected chi connectivity index (χ0v) is 23.0. The van der Waals surface area contributed by atoms with E-state index in [-0.39, 0.29) is 34.3 Å². The van der Waals surface area contributed by atoms with Crippen LogP contribution in [0, 0.1) is 5.82 Å². The third-order valence-electron chi connectivity index (χ3n) is 7.36. The van der Waals surface area contributed by atoms with Crippen LogP contribution in [-0.4, -0.2) is 48.1 Å². The first kappa shape index (κ1) is 26.1. The number of nitrogens with zero attached hydrogens (tertiary/aromatic N) is 4. The number of rotatable bonds is 3. The molecule has 4 aromatic rings. The van der Waals surface area contributed by atoms with E-state index in [0.29, 0.717) is 35.4 Å². The number of carbonyl (C=O) groups excluding carboxylic acids is 2. The summed E-state index contributed by atoms with van der Waals surface area (Å²) in [5.41, 5.74) is 8.48. The predicted molar refractivity (Wildman–Crippen MR) is 150 cm³/mol. The number of nitrogens with two attached hydrogens (primary N) is 1. The fraction of sp³-hybridized carbons (Fsp3) is 0.310. The summed E-state index contributed by atoms with van der Waals surface area (Å²) >= 11 is 6.00. The number of fused-ring (bicyclic) bond motifs is 2. The van der Waals surface area contributed by atoms with Gasteiger partial charge in [-0.05, 0) is 63.8 Å². The quantitative estimate of drug-likeness (QED) is 0.291. The smallest absolute Gasteiger partial charge is 0.419 e. The van der Waals surface area contributed by atoms with Gasteiger partial charge >= 0.3 is 6.09 Å². The first-order chi connectivity index (χ1) is 19.0. The zero-order valence-electron chi connectivity index (χ0n) is 22.2. The third-order valence-corrected chi connectivity index (χ3v) is 7.65. The normalized spacial score (nSPS) is 19.2. The van der Waals surface area contributed by atoms with Crippen LogP contribution in [0.4, 0.5) is 14.9 Å². The molecule has 1 fully saturated rings. The number of ether oxygens (including phenoxy) is 1. The minimum absolute atomic E-state index is 0.0318. The molecule has 6 rings (SSSR count). The number of nitrogens with one attached hydrogen (secondary N) is 1.